The standard InChI is InChI=1S/C8H9NO.ClH.Pd/c1-7(10)9-8-5-3-2-4-6-8;;/h2-6H,1H3,(H,9,10);1H;/q;;+1/p-1. The van der Waals surface area contributed by atoms with Gasteiger partial charge in [0.1, 0.15) is 0 Å². The predicted octanol–water partition coefficient (Wildman–Crippen LogP) is 1.92. The van der Waals surface area contributed by atoms with Gasteiger partial charge >= 0.3 is 76.6 Å². The van der Waals surface area contributed by atoms with Gasteiger partial charge in [-0.25, -0.2) is 0 Å². The summed E-state index contributed by atoms with van der Waals surface area (Å²) in [6.07, 6.45) is 0. The first-order valence-corrected chi connectivity index (χ1v) is 3.90. The second kappa shape index (κ2) is 5.32. The Labute approximate surface area is 89.0 Å². The molecule has 0 spiro atoms. The van der Waals surface area contributed by atoms with E-state index in [1.54, 1.807) is 0 Å². The van der Waals surface area contributed by atoms with Gasteiger partial charge in [0.25, 0.3) is 0 Å². The van der Waals surface area contributed by atoms with Gasteiger partial charge in [0.15, 0.2) is 0 Å². The van der Waals surface area contributed by atoms with Gasteiger partial charge in [-0.3, -0.25) is 0 Å². The van der Waals surface area contributed by atoms with Gasteiger partial charge in [-0.1, -0.05) is 0 Å². The van der Waals surface area contributed by atoms with Crippen LogP contribution in [0.2, 0.25) is 0 Å². The van der Waals surface area contributed by atoms with Crippen molar-refractivity contribution in [3.05, 3.63) is 30.3 Å². The molecule has 0 heterocycles. The van der Waals surface area contributed by atoms with E-state index in [1.807, 2.05) is 30.3 Å². The zero-order valence-corrected chi connectivity index (χ0v) is 8.84. The molecular formula is C8H9ClNOPd. The number of nitrogens with zero attached hydrogens (tertiary/aromatic N) is 1. The van der Waals surface area contributed by atoms with E-state index < -0.39 is 0 Å². The molecule has 0 bridgehead atoms. The van der Waals surface area contributed by atoms with Crippen molar-refractivity contribution in [1.29, 1.82) is 0 Å². The van der Waals surface area contributed by atoms with Crippen LogP contribution in [0.4, 0.5) is 5.69 Å². The summed E-state index contributed by atoms with van der Waals surface area (Å²) in [4.78, 5) is 10.8. The molecule has 12 heavy (non-hydrogen) atoms. The number of amides is 1. The van der Waals surface area contributed by atoms with Crippen molar-refractivity contribution in [1.82, 2.24) is 0 Å². The molecule has 1 rings (SSSR count). The second-order valence-corrected chi connectivity index (χ2v) is 2.80. The molecule has 0 aliphatic carbocycles. The Hall–Kier alpha value is -0.358. The minimum atomic E-state index is -0.0146. The van der Waals surface area contributed by atoms with Crippen LogP contribution < -0.4 is 3.53 Å². The summed E-state index contributed by atoms with van der Waals surface area (Å²) < 4.78 is 1.46. The van der Waals surface area contributed by atoms with Crippen molar-refractivity contribution < 1.29 is 24.2 Å². The fourth-order valence-electron chi connectivity index (χ4n) is 0.731. The molecule has 0 fully saturated rings. The molecule has 1 aromatic carbocycles. The van der Waals surface area contributed by atoms with Crippen LogP contribution in [0, 0.1) is 0 Å². The molecule has 2 nitrogen and oxygen atoms in total. The molecule has 0 N–H and O–H groups in total. The number of benzene rings is 1. The molecule has 1 amide bonds. The molecule has 1 aromatic rings. The summed E-state index contributed by atoms with van der Waals surface area (Å²) >= 11 is 2.86. The zero-order valence-electron chi connectivity index (χ0n) is 6.47. The first-order chi connectivity index (χ1) is 5.22. The van der Waals surface area contributed by atoms with Crippen molar-refractivity contribution in [3.63, 3.8) is 0 Å². The quantitative estimate of drug-likeness (QED) is 0.718. The smallest absolute Gasteiger partial charge is 0.147 e. The molecule has 0 radical (unpaired) electrons. The molecule has 0 unspecified atom stereocenters. The van der Waals surface area contributed by atoms with Crippen LogP contribution in [-0.2, 0) is 24.2 Å². The van der Waals surface area contributed by atoms with Crippen LogP contribution in [0.1, 0.15) is 6.92 Å². The summed E-state index contributed by atoms with van der Waals surface area (Å²) in [5.74, 6) is -0.0146. The summed E-state index contributed by atoms with van der Waals surface area (Å²) in [6.45, 7) is 1.51. The van der Waals surface area contributed by atoms with Gasteiger partial charge in [0, 0.05) is 0 Å². The number of halogens is 1. The van der Waals surface area contributed by atoms with Crippen LogP contribution >= 0.6 is 12.4 Å². The zero-order chi connectivity index (χ0) is 8.27. The Morgan fingerprint density at radius 1 is 1.33 bits per heavy atom. The van der Waals surface area contributed by atoms with Crippen molar-refractivity contribution in [2.24, 2.45) is 0 Å². The Kier molecular flexibility index (Phi) is 5.16. The second-order valence-electron chi connectivity index (χ2n) is 2.11. The maximum Gasteiger partial charge on any atom is -0.147 e. The molecule has 0 atom stereocenters. The number of hydrogen-bond acceptors (Lipinski definition) is 1. The Bertz CT molecular complexity index is 252. The van der Waals surface area contributed by atoms with E-state index in [0.717, 1.165) is 5.69 Å². The van der Waals surface area contributed by atoms with E-state index in [0.29, 0.717) is 0 Å². The van der Waals surface area contributed by atoms with Crippen molar-refractivity contribution in [2.45, 2.75) is 6.92 Å². The maximum atomic E-state index is 10.8. The summed E-state index contributed by atoms with van der Waals surface area (Å²) in [6, 6.07) is 9.42. The summed E-state index contributed by atoms with van der Waals surface area (Å²) in [5, 5.41) is 0. The van der Waals surface area contributed by atoms with Gasteiger partial charge < -0.3 is 0 Å². The summed E-state index contributed by atoms with van der Waals surface area (Å²) in [5.41, 5.74) is 0.864. The van der Waals surface area contributed by atoms with E-state index in [-0.39, 0.29) is 18.3 Å². The van der Waals surface area contributed by atoms with E-state index in [4.69, 9.17) is 0 Å². The van der Waals surface area contributed by atoms with Crippen molar-refractivity contribution in [2.75, 3.05) is 3.53 Å². The predicted molar refractivity (Wildman–Crippen MR) is 46.9 cm³/mol. The Balaban J connectivity index is 0.00000121. The van der Waals surface area contributed by atoms with Crippen LogP contribution in [-0.4, -0.2) is 5.91 Å². The van der Waals surface area contributed by atoms with E-state index >= 15 is 0 Å². The minimum absolute atomic E-state index is 0. The third-order valence-corrected chi connectivity index (χ3v) is 2.11. The van der Waals surface area contributed by atoms with Gasteiger partial charge in [0.05, 0.1) is 0 Å². The van der Waals surface area contributed by atoms with Crippen LogP contribution in [0.25, 0.3) is 0 Å². The van der Waals surface area contributed by atoms with Gasteiger partial charge in [0.2, 0.25) is 0 Å². The normalized spacial score (nSPS) is 8.58. The molecule has 69 valence electrons. The monoisotopic (exact) mass is 276 g/mol. The molecule has 0 aliphatic heterocycles. The minimum Gasteiger partial charge on any atom is -0.147 e. The maximum absolute atomic E-state index is 10.8. The average molecular weight is 277 g/mol. The van der Waals surface area contributed by atoms with Crippen LogP contribution in [0.15, 0.2) is 30.3 Å². The number of para-hydroxylation sites is 1. The fourth-order valence-corrected chi connectivity index (χ4v) is 0.963. The average Bonchev–Trinajstić information content (AvgIpc) is 2.05. The van der Waals surface area contributed by atoms with Crippen LogP contribution in [0.3, 0.4) is 0 Å². The van der Waals surface area contributed by atoms with Gasteiger partial charge in [-0.15, -0.1) is 12.4 Å². The molecule has 0 aromatic heterocycles. The Morgan fingerprint density at radius 2 is 1.83 bits per heavy atom. The largest absolute Gasteiger partial charge is 0.147 e. The number of carbonyl (C=O) groups is 1. The first-order valence-electron chi connectivity index (χ1n) is 3.20. The molecule has 4 heteroatoms. The number of rotatable bonds is 1. The molecular weight excluding hydrogens is 268 g/mol. The SMILES string of the molecule is CC(=O)[N]([Pd])c1ccccc1.Cl. The first kappa shape index (κ1) is 11.6. The topological polar surface area (TPSA) is 20.3 Å². The van der Waals surface area contributed by atoms with Crippen molar-refractivity contribution >= 4 is 24.0 Å². The number of carbonyl (C=O) groups excluding carboxylic acids is 1. The molecule has 0 aliphatic rings. The van der Waals surface area contributed by atoms with Gasteiger partial charge in [-0.2, -0.15) is 0 Å². The molecule has 0 saturated carbocycles. The molecule has 0 saturated heterocycles. The van der Waals surface area contributed by atoms with E-state index in [2.05, 4.69) is 19.4 Å². The summed E-state index contributed by atoms with van der Waals surface area (Å²) in [7, 11) is 0. The number of hydrogen-bond donors (Lipinski definition) is 0. The van der Waals surface area contributed by atoms with Gasteiger partial charge in [-0.05, 0) is 0 Å². The van der Waals surface area contributed by atoms with E-state index in [1.165, 1.54) is 10.5 Å². The Morgan fingerprint density at radius 3 is 2.25 bits per heavy atom. The third-order valence-electron chi connectivity index (χ3n) is 1.22. The third kappa shape index (κ3) is 2.94. The fraction of sp³-hybridized carbons (Fsp3) is 0.125. The van der Waals surface area contributed by atoms with Crippen LogP contribution in [0.5, 0.6) is 0 Å². The number of anilines is 1. The van der Waals surface area contributed by atoms with Crippen molar-refractivity contribution in [3.8, 4) is 0 Å². The van der Waals surface area contributed by atoms with E-state index in [9.17, 15) is 4.79 Å².